The highest BCUT2D eigenvalue weighted by Crippen LogP contribution is 2.00. The number of esters is 1. The number of carbonyl (C=O) groups excluding carboxylic acids is 3. The minimum atomic E-state index is -0.519. The van der Waals surface area contributed by atoms with Crippen LogP contribution < -0.4 is 10.6 Å². The molecule has 0 aliphatic carbocycles. The maximum absolute atomic E-state index is 11.5. The van der Waals surface area contributed by atoms with Crippen LogP contribution in [0, 0.1) is 5.92 Å². The number of hydrogen-bond donors (Lipinski definition) is 2. The predicted octanol–water partition coefficient (Wildman–Crippen LogP) is -0.0385. The Bertz CT molecular complexity index is 331. The van der Waals surface area contributed by atoms with Gasteiger partial charge >= 0.3 is 12.0 Å². The number of imide groups is 1. The summed E-state index contributed by atoms with van der Waals surface area (Å²) in [6, 6.07) is -0.556. The highest BCUT2D eigenvalue weighted by Gasteiger charge is 2.17. The van der Waals surface area contributed by atoms with Crippen LogP contribution in [0.3, 0.4) is 0 Å². The molecule has 7 nitrogen and oxygen atoms in total. The first-order chi connectivity index (χ1) is 8.76. The van der Waals surface area contributed by atoms with E-state index in [9.17, 15) is 14.4 Å². The molecule has 1 unspecified atom stereocenters. The fraction of sp³-hybridized carbons (Fsp3) is 0.750. The first kappa shape index (κ1) is 17.4. The molecule has 0 aromatic rings. The Labute approximate surface area is 113 Å². The second kappa shape index (κ2) is 8.47. The van der Waals surface area contributed by atoms with Gasteiger partial charge < -0.3 is 10.1 Å². The van der Waals surface area contributed by atoms with Crippen molar-refractivity contribution in [2.75, 3.05) is 27.2 Å². The van der Waals surface area contributed by atoms with E-state index in [0.29, 0.717) is 6.54 Å². The van der Waals surface area contributed by atoms with Crippen molar-refractivity contribution < 1.29 is 19.1 Å². The summed E-state index contributed by atoms with van der Waals surface area (Å²) in [5, 5.41) is 4.76. The number of carbonyl (C=O) groups is 3. The molecule has 0 aliphatic heterocycles. The lowest BCUT2D eigenvalue weighted by atomic mass is 10.2. The minimum Gasteiger partial charge on any atom is -0.469 e. The Morgan fingerprint density at radius 3 is 2.26 bits per heavy atom. The van der Waals surface area contributed by atoms with E-state index in [-0.39, 0.29) is 24.5 Å². The molecule has 1 atom stereocenters. The monoisotopic (exact) mass is 273 g/mol. The molecule has 0 saturated heterocycles. The molecule has 0 heterocycles. The highest BCUT2D eigenvalue weighted by atomic mass is 16.5. The van der Waals surface area contributed by atoms with Gasteiger partial charge in [0.2, 0.25) is 5.91 Å². The summed E-state index contributed by atoms with van der Waals surface area (Å²) in [6.45, 7) is 5.73. The van der Waals surface area contributed by atoms with Gasteiger partial charge in [-0.05, 0) is 20.9 Å². The highest BCUT2D eigenvalue weighted by molar-refractivity contribution is 5.95. The average molecular weight is 273 g/mol. The van der Waals surface area contributed by atoms with E-state index in [1.807, 2.05) is 0 Å². The number of nitrogens with zero attached hydrogens (tertiary/aromatic N) is 1. The second-order valence-corrected chi connectivity index (χ2v) is 4.80. The Hall–Kier alpha value is -1.63. The number of hydrogen-bond acceptors (Lipinski definition) is 5. The molecule has 2 N–H and O–H groups in total. The maximum Gasteiger partial charge on any atom is 0.321 e. The van der Waals surface area contributed by atoms with Crippen LogP contribution in [0.1, 0.15) is 20.8 Å². The van der Waals surface area contributed by atoms with E-state index >= 15 is 0 Å². The van der Waals surface area contributed by atoms with Gasteiger partial charge in [-0.1, -0.05) is 6.92 Å². The number of likely N-dealkylation sites (N-methyl/N-ethyl adjacent to an activating group) is 1. The number of amides is 3. The fourth-order valence-corrected chi connectivity index (χ4v) is 1.52. The smallest absolute Gasteiger partial charge is 0.321 e. The zero-order chi connectivity index (χ0) is 15.0. The van der Waals surface area contributed by atoms with Crippen molar-refractivity contribution in [1.82, 2.24) is 15.5 Å². The summed E-state index contributed by atoms with van der Waals surface area (Å²) in [5.74, 6) is -1.07. The van der Waals surface area contributed by atoms with Crippen molar-refractivity contribution in [3.05, 3.63) is 0 Å². The minimum absolute atomic E-state index is 0.0346. The summed E-state index contributed by atoms with van der Waals surface area (Å²) in [4.78, 5) is 35.7. The molecule has 19 heavy (non-hydrogen) atoms. The molecule has 0 radical (unpaired) electrons. The first-order valence-electron chi connectivity index (χ1n) is 6.13. The van der Waals surface area contributed by atoms with Crippen LogP contribution in [0.2, 0.25) is 0 Å². The van der Waals surface area contributed by atoms with E-state index in [1.54, 1.807) is 32.7 Å². The number of ether oxygens (including phenoxy) is 1. The quantitative estimate of drug-likeness (QED) is 0.663. The van der Waals surface area contributed by atoms with Crippen molar-refractivity contribution >= 4 is 17.9 Å². The van der Waals surface area contributed by atoms with E-state index in [2.05, 4.69) is 15.4 Å². The molecule has 0 fully saturated rings. The Morgan fingerprint density at radius 1 is 1.21 bits per heavy atom. The molecular weight excluding hydrogens is 250 g/mol. The van der Waals surface area contributed by atoms with Crippen LogP contribution in [0.15, 0.2) is 0 Å². The molecule has 0 bridgehead atoms. The van der Waals surface area contributed by atoms with Crippen molar-refractivity contribution in [3.63, 3.8) is 0 Å². The van der Waals surface area contributed by atoms with Crippen LogP contribution in [0.4, 0.5) is 4.79 Å². The average Bonchev–Trinajstić information content (AvgIpc) is 2.25. The standard InChI is InChI=1S/C12H23N3O4/c1-8(2)13-12(18)14-10(16)7-15(4)6-9(3)11(17)19-5/h8-9H,6-7H2,1-5H3,(H2,13,14,16,18). The molecule has 7 heteroatoms. The van der Waals surface area contributed by atoms with Gasteiger partial charge in [-0.25, -0.2) is 4.79 Å². The molecule has 0 saturated carbocycles. The van der Waals surface area contributed by atoms with Gasteiger partial charge in [0.15, 0.2) is 0 Å². The zero-order valence-electron chi connectivity index (χ0n) is 12.1. The fourth-order valence-electron chi connectivity index (χ4n) is 1.52. The van der Waals surface area contributed by atoms with Crippen LogP contribution in [-0.2, 0) is 14.3 Å². The maximum atomic E-state index is 11.5. The van der Waals surface area contributed by atoms with Gasteiger partial charge in [0, 0.05) is 12.6 Å². The predicted molar refractivity (Wildman–Crippen MR) is 70.5 cm³/mol. The number of rotatable bonds is 6. The first-order valence-corrected chi connectivity index (χ1v) is 6.13. The zero-order valence-corrected chi connectivity index (χ0v) is 12.1. The van der Waals surface area contributed by atoms with E-state index in [4.69, 9.17) is 0 Å². The van der Waals surface area contributed by atoms with E-state index < -0.39 is 11.9 Å². The molecule has 110 valence electrons. The van der Waals surface area contributed by atoms with Gasteiger partial charge in [0.05, 0.1) is 19.6 Å². The third-order valence-corrected chi connectivity index (χ3v) is 2.28. The van der Waals surface area contributed by atoms with Gasteiger partial charge in [0.25, 0.3) is 0 Å². The summed E-state index contributed by atoms with van der Waals surface area (Å²) in [7, 11) is 3.02. The molecule has 0 aromatic heterocycles. The molecule has 0 spiro atoms. The van der Waals surface area contributed by atoms with Gasteiger partial charge in [-0.2, -0.15) is 0 Å². The van der Waals surface area contributed by atoms with Gasteiger partial charge in [-0.15, -0.1) is 0 Å². The number of urea groups is 1. The number of methoxy groups -OCH3 is 1. The van der Waals surface area contributed by atoms with E-state index in [1.165, 1.54) is 7.11 Å². The Balaban J connectivity index is 4.05. The topological polar surface area (TPSA) is 87.7 Å². The van der Waals surface area contributed by atoms with Crippen molar-refractivity contribution in [3.8, 4) is 0 Å². The third-order valence-electron chi connectivity index (χ3n) is 2.28. The lowest BCUT2D eigenvalue weighted by Crippen LogP contribution is -2.46. The SMILES string of the molecule is COC(=O)C(C)CN(C)CC(=O)NC(=O)NC(C)C. The lowest BCUT2D eigenvalue weighted by Gasteiger charge is -2.19. The lowest BCUT2D eigenvalue weighted by molar-refractivity contribution is -0.145. The van der Waals surface area contributed by atoms with Gasteiger partial charge in [-0.3, -0.25) is 19.8 Å². The Kier molecular flexibility index (Phi) is 7.74. The molecule has 3 amide bonds. The van der Waals surface area contributed by atoms with Gasteiger partial charge in [0.1, 0.15) is 0 Å². The van der Waals surface area contributed by atoms with Crippen molar-refractivity contribution in [2.45, 2.75) is 26.8 Å². The summed E-state index contributed by atoms with van der Waals surface area (Å²) < 4.78 is 4.60. The molecular formula is C12H23N3O4. The second-order valence-electron chi connectivity index (χ2n) is 4.80. The largest absolute Gasteiger partial charge is 0.469 e. The van der Waals surface area contributed by atoms with Crippen LogP contribution in [0.5, 0.6) is 0 Å². The van der Waals surface area contributed by atoms with Crippen molar-refractivity contribution in [2.24, 2.45) is 5.92 Å². The summed E-state index contributed by atoms with van der Waals surface area (Å²) >= 11 is 0. The summed E-state index contributed by atoms with van der Waals surface area (Å²) in [5.41, 5.74) is 0. The Morgan fingerprint density at radius 2 is 1.79 bits per heavy atom. The molecule has 0 aliphatic rings. The normalized spacial score (nSPS) is 12.2. The molecule has 0 rings (SSSR count). The van der Waals surface area contributed by atoms with Crippen LogP contribution in [-0.4, -0.2) is 56.1 Å². The van der Waals surface area contributed by atoms with Crippen LogP contribution in [0.25, 0.3) is 0 Å². The number of nitrogens with one attached hydrogen (secondary N) is 2. The molecule has 0 aromatic carbocycles. The van der Waals surface area contributed by atoms with Crippen LogP contribution >= 0.6 is 0 Å². The summed E-state index contributed by atoms with van der Waals surface area (Å²) in [6.07, 6.45) is 0. The van der Waals surface area contributed by atoms with Crippen molar-refractivity contribution in [1.29, 1.82) is 0 Å². The van der Waals surface area contributed by atoms with E-state index in [0.717, 1.165) is 0 Å². The third kappa shape index (κ3) is 8.15.